The molecule has 1 aromatic carbocycles. The molecule has 5 heteroatoms. The lowest BCUT2D eigenvalue weighted by molar-refractivity contribution is 0.231. The van der Waals surface area contributed by atoms with Crippen molar-refractivity contribution in [3.63, 3.8) is 0 Å². The third kappa shape index (κ3) is 9.02. The number of hydrogen-bond donors (Lipinski definition) is 1. The number of rotatable bonds is 15. The second-order valence-electron chi connectivity index (χ2n) is 7.77. The minimum absolute atomic E-state index is 0.494. The zero-order valence-electron chi connectivity index (χ0n) is 19.6. The fourth-order valence-electron chi connectivity index (χ4n) is 3.07. The van der Waals surface area contributed by atoms with Gasteiger partial charge in [0.15, 0.2) is 0 Å². The fourth-order valence-corrected chi connectivity index (χ4v) is 3.07. The Bertz CT molecular complexity index is 694. The van der Waals surface area contributed by atoms with Crippen molar-refractivity contribution in [1.29, 1.82) is 0 Å². The van der Waals surface area contributed by atoms with Crippen molar-refractivity contribution >= 4 is 11.4 Å². The number of nitrogens with zero attached hydrogens (tertiary/aromatic N) is 2. The largest absolute Gasteiger partial charge is 0.491 e. The van der Waals surface area contributed by atoms with E-state index in [1.807, 2.05) is 25.1 Å². The zero-order chi connectivity index (χ0) is 22.4. The quantitative estimate of drug-likeness (QED) is 0.180. The van der Waals surface area contributed by atoms with E-state index >= 15 is 0 Å². The van der Waals surface area contributed by atoms with Crippen LogP contribution in [-0.2, 0) is 0 Å². The van der Waals surface area contributed by atoms with Crippen molar-refractivity contribution < 1.29 is 9.47 Å². The molecule has 0 saturated heterocycles. The maximum absolute atomic E-state index is 6.29. The molecule has 0 heterocycles. The van der Waals surface area contributed by atoms with E-state index in [0.717, 1.165) is 19.3 Å². The Labute approximate surface area is 183 Å². The molecule has 168 valence electrons. The summed E-state index contributed by atoms with van der Waals surface area (Å²) >= 11 is 0. The normalized spacial score (nSPS) is 12.7. The number of nitrogen functional groups attached to an aromatic ring is 1. The Balaban J connectivity index is 3.07. The lowest BCUT2D eigenvalue weighted by atomic mass is 10.0. The molecular weight excluding hydrogens is 374 g/mol. The molecule has 0 bridgehead atoms. The molecule has 0 saturated carbocycles. The third-order valence-corrected chi connectivity index (χ3v) is 5.38. The molecule has 0 amide bonds. The summed E-state index contributed by atoms with van der Waals surface area (Å²) in [5.41, 5.74) is 8.03. The third-order valence-electron chi connectivity index (χ3n) is 5.38. The first kappa shape index (κ1) is 25.7. The van der Waals surface area contributed by atoms with Gasteiger partial charge in [-0.05, 0) is 31.3 Å². The van der Waals surface area contributed by atoms with E-state index in [2.05, 4.69) is 44.5 Å². The van der Waals surface area contributed by atoms with Crippen molar-refractivity contribution in [2.75, 3.05) is 18.9 Å². The topological polar surface area (TPSA) is 69.2 Å². The second-order valence-corrected chi connectivity index (χ2v) is 7.77. The smallest absolute Gasteiger partial charge is 0.149 e. The predicted octanol–water partition coefficient (Wildman–Crippen LogP) is 7.85. The van der Waals surface area contributed by atoms with E-state index in [-0.39, 0.29) is 0 Å². The second kappa shape index (κ2) is 14.6. The van der Waals surface area contributed by atoms with Crippen LogP contribution in [0.1, 0.15) is 73.1 Å². The average Bonchev–Trinajstić information content (AvgIpc) is 2.74. The summed E-state index contributed by atoms with van der Waals surface area (Å²) in [7, 11) is 0. The van der Waals surface area contributed by atoms with Gasteiger partial charge in [0.2, 0.25) is 0 Å². The van der Waals surface area contributed by atoms with Crippen LogP contribution in [0.25, 0.3) is 0 Å². The van der Waals surface area contributed by atoms with Gasteiger partial charge in [-0.3, -0.25) is 0 Å². The Morgan fingerprint density at radius 3 is 2.27 bits per heavy atom. The van der Waals surface area contributed by atoms with E-state index in [9.17, 15) is 0 Å². The molecule has 2 N–H and O–H groups in total. The molecule has 0 fully saturated rings. The number of azo groups is 1. The predicted molar refractivity (Wildman–Crippen MR) is 128 cm³/mol. The van der Waals surface area contributed by atoms with Gasteiger partial charge in [-0.15, -0.1) is 5.11 Å². The molecule has 0 aliphatic heterocycles. The highest BCUT2D eigenvalue weighted by Crippen LogP contribution is 2.38. The minimum atomic E-state index is 0.494. The van der Waals surface area contributed by atoms with E-state index in [1.165, 1.54) is 19.3 Å². The Kier molecular flexibility index (Phi) is 12.6. The molecule has 0 spiro atoms. The van der Waals surface area contributed by atoms with Gasteiger partial charge >= 0.3 is 0 Å². The lowest BCUT2D eigenvalue weighted by Crippen LogP contribution is -2.13. The zero-order valence-corrected chi connectivity index (χ0v) is 19.6. The number of anilines is 1. The molecule has 0 aromatic heterocycles. The molecular formula is C25H41N3O2. The monoisotopic (exact) mass is 415 g/mol. The van der Waals surface area contributed by atoms with Gasteiger partial charge in [-0.2, -0.15) is 5.11 Å². The van der Waals surface area contributed by atoms with Gasteiger partial charge in [0.25, 0.3) is 0 Å². The maximum atomic E-state index is 6.29. The van der Waals surface area contributed by atoms with Crippen molar-refractivity contribution in [2.24, 2.45) is 22.1 Å². The van der Waals surface area contributed by atoms with Crippen molar-refractivity contribution in [3.05, 3.63) is 36.6 Å². The van der Waals surface area contributed by atoms with E-state index < -0.39 is 0 Å². The van der Waals surface area contributed by atoms with Crippen LogP contribution in [0.2, 0.25) is 0 Å². The lowest BCUT2D eigenvalue weighted by Gasteiger charge is -2.19. The first-order valence-corrected chi connectivity index (χ1v) is 11.4. The Hall–Kier alpha value is -2.30. The molecule has 0 aliphatic rings. The summed E-state index contributed by atoms with van der Waals surface area (Å²) in [6.07, 6.45) is 10.5. The Morgan fingerprint density at radius 2 is 1.67 bits per heavy atom. The van der Waals surface area contributed by atoms with Gasteiger partial charge in [0, 0.05) is 12.1 Å². The molecule has 30 heavy (non-hydrogen) atoms. The SMILES string of the molecule is C=C(/C=C\C)/N=N/c1cc(OCC(CC)CCCC)c(N)cc1OCC(CC)CC. The molecule has 1 rings (SSSR count). The standard InChI is InChI=1S/C25H41N3O2/c1-7-12-14-21(11-5)18-29-24-16-23(28-27-19(6)13-8-2)25(15-22(24)26)30-17-20(9-3)10-4/h8,13,15-16,20-21H,6-7,9-12,14,17-18,26H2,1-5H3/b13-8-,28-27+. The number of hydrogen-bond acceptors (Lipinski definition) is 5. The summed E-state index contributed by atoms with van der Waals surface area (Å²) in [6, 6.07) is 3.63. The highest BCUT2D eigenvalue weighted by molar-refractivity contribution is 5.66. The van der Waals surface area contributed by atoms with Gasteiger partial charge in [-0.1, -0.05) is 72.5 Å². The first-order valence-electron chi connectivity index (χ1n) is 11.4. The summed E-state index contributed by atoms with van der Waals surface area (Å²) in [5.74, 6) is 2.27. The van der Waals surface area contributed by atoms with Crippen molar-refractivity contribution in [1.82, 2.24) is 0 Å². The first-order chi connectivity index (χ1) is 14.5. The summed E-state index contributed by atoms with van der Waals surface area (Å²) < 4.78 is 12.2. The van der Waals surface area contributed by atoms with Crippen LogP contribution < -0.4 is 15.2 Å². The number of unbranched alkanes of at least 4 members (excludes halogenated alkanes) is 1. The van der Waals surface area contributed by atoms with E-state index in [4.69, 9.17) is 15.2 Å². The van der Waals surface area contributed by atoms with Gasteiger partial charge in [0.05, 0.1) is 24.6 Å². The van der Waals surface area contributed by atoms with Gasteiger partial charge in [-0.25, -0.2) is 0 Å². The summed E-state index contributed by atoms with van der Waals surface area (Å²) in [4.78, 5) is 0. The number of allylic oxidation sites excluding steroid dienone is 2. The van der Waals surface area contributed by atoms with Gasteiger partial charge in [0.1, 0.15) is 17.2 Å². The number of nitrogens with two attached hydrogens (primary N) is 1. The molecule has 1 aromatic rings. The van der Waals surface area contributed by atoms with E-state index in [1.54, 1.807) is 6.07 Å². The highest BCUT2D eigenvalue weighted by atomic mass is 16.5. The van der Waals surface area contributed by atoms with Crippen LogP contribution in [0.5, 0.6) is 11.5 Å². The van der Waals surface area contributed by atoms with Gasteiger partial charge < -0.3 is 15.2 Å². The molecule has 1 unspecified atom stereocenters. The van der Waals surface area contributed by atoms with Crippen LogP contribution in [0.15, 0.2) is 46.8 Å². The van der Waals surface area contributed by atoms with Crippen molar-refractivity contribution in [2.45, 2.75) is 73.1 Å². The average molecular weight is 416 g/mol. The summed E-state index contributed by atoms with van der Waals surface area (Å²) in [5, 5.41) is 8.57. The molecule has 0 aliphatic carbocycles. The number of benzene rings is 1. The van der Waals surface area contributed by atoms with E-state index in [0.29, 0.717) is 53.6 Å². The van der Waals surface area contributed by atoms with Crippen LogP contribution >= 0.6 is 0 Å². The van der Waals surface area contributed by atoms with Crippen LogP contribution in [-0.4, -0.2) is 13.2 Å². The molecule has 0 radical (unpaired) electrons. The van der Waals surface area contributed by atoms with Crippen molar-refractivity contribution in [3.8, 4) is 11.5 Å². The van der Waals surface area contributed by atoms with Crippen LogP contribution in [0.4, 0.5) is 11.4 Å². The highest BCUT2D eigenvalue weighted by Gasteiger charge is 2.14. The Morgan fingerprint density at radius 1 is 1.03 bits per heavy atom. The van der Waals surface area contributed by atoms with Crippen LogP contribution in [0.3, 0.4) is 0 Å². The summed E-state index contributed by atoms with van der Waals surface area (Å²) in [6.45, 7) is 15.8. The fraction of sp³-hybridized carbons (Fsp3) is 0.600. The molecule has 5 nitrogen and oxygen atoms in total. The minimum Gasteiger partial charge on any atom is -0.491 e. The molecule has 1 atom stereocenters. The van der Waals surface area contributed by atoms with Crippen LogP contribution in [0, 0.1) is 11.8 Å². The number of ether oxygens (including phenoxy) is 2. The maximum Gasteiger partial charge on any atom is 0.149 e.